The Labute approximate surface area is 161 Å². The van der Waals surface area contributed by atoms with Crippen LogP contribution in [0.1, 0.15) is 18.5 Å². The van der Waals surface area contributed by atoms with Crippen molar-refractivity contribution < 1.29 is 14.3 Å². The fraction of sp³-hybridized carbons (Fsp3) is 0.471. The maximum Gasteiger partial charge on any atom is 0.321 e. The van der Waals surface area contributed by atoms with E-state index < -0.39 is 0 Å². The van der Waals surface area contributed by atoms with Crippen LogP contribution in [0.4, 0.5) is 9.93 Å². The molecule has 0 aromatic carbocycles. The summed E-state index contributed by atoms with van der Waals surface area (Å²) in [4.78, 5) is 21.4. The predicted octanol–water partition coefficient (Wildman–Crippen LogP) is 3.72. The van der Waals surface area contributed by atoms with Crippen LogP contribution in [-0.2, 0) is 4.74 Å². The summed E-state index contributed by atoms with van der Waals surface area (Å²) in [6, 6.07) is 1.50. The number of thiazole rings is 1. The van der Waals surface area contributed by atoms with Gasteiger partial charge in [0.05, 0.1) is 24.3 Å². The van der Waals surface area contributed by atoms with Gasteiger partial charge in [0.15, 0.2) is 16.0 Å². The Balaban J connectivity index is 1.54. The van der Waals surface area contributed by atoms with Gasteiger partial charge in [0, 0.05) is 24.9 Å². The number of amides is 2. The number of pyridine rings is 1. The van der Waals surface area contributed by atoms with Gasteiger partial charge in [-0.3, -0.25) is 5.32 Å². The average Bonchev–Trinajstić information content (AvgIpc) is 3.37. The number of nitrogens with one attached hydrogen (secondary N) is 2. The molecule has 2 aromatic heterocycles. The normalized spacial score (nSPS) is 13.5. The lowest BCUT2D eigenvalue weighted by atomic mass is 10.2. The monoisotopic (exact) mass is 396 g/mol. The molecule has 140 valence electrons. The van der Waals surface area contributed by atoms with Crippen molar-refractivity contribution in [2.75, 3.05) is 32.2 Å². The van der Waals surface area contributed by atoms with E-state index in [2.05, 4.69) is 20.6 Å². The lowest BCUT2D eigenvalue weighted by molar-refractivity contribution is 0.127. The zero-order chi connectivity index (χ0) is 18.5. The lowest BCUT2D eigenvalue weighted by Crippen LogP contribution is -2.31. The van der Waals surface area contributed by atoms with Gasteiger partial charge >= 0.3 is 6.03 Å². The fourth-order valence-electron chi connectivity index (χ4n) is 2.33. The minimum atomic E-state index is -0.299. The molecule has 1 fully saturated rings. The first-order chi connectivity index (χ1) is 12.6. The Hall–Kier alpha value is -1.90. The van der Waals surface area contributed by atoms with E-state index in [-0.39, 0.29) is 6.03 Å². The van der Waals surface area contributed by atoms with E-state index in [1.807, 2.05) is 6.92 Å². The number of aryl methyl sites for hydroxylation is 1. The largest absolute Gasteiger partial charge is 0.494 e. The maximum atomic E-state index is 12.0. The van der Waals surface area contributed by atoms with Gasteiger partial charge in [-0.05, 0) is 31.7 Å². The summed E-state index contributed by atoms with van der Waals surface area (Å²) in [6.07, 6.45) is 4.18. The quantitative estimate of drug-likeness (QED) is 0.524. The molecule has 9 heteroatoms. The van der Waals surface area contributed by atoms with Crippen LogP contribution in [0.5, 0.6) is 5.75 Å². The van der Waals surface area contributed by atoms with Crippen molar-refractivity contribution in [3.05, 3.63) is 23.1 Å². The molecule has 3 rings (SSSR count). The molecule has 0 radical (unpaired) electrons. The standard InChI is InChI=1S/C17H21ClN4O3S/c1-10-14(12-7-13(24-2)15(18)20-8-12)26-17(21-10)22-16(23)19-5-6-25-9-11-3-4-11/h7-8,11H,3-6,9H2,1-2H3,(H2,19,21,22,23). The van der Waals surface area contributed by atoms with E-state index in [1.54, 1.807) is 12.3 Å². The van der Waals surface area contributed by atoms with Crippen molar-refractivity contribution in [2.45, 2.75) is 19.8 Å². The Morgan fingerprint density at radius 2 is 2.27 bits per heavy atom. The molecule has 2 heterocycles. The predicted molar refractivity (Wildman–Crippen MR) is 102 cm³/mol. The van der Waals surface area contributed by atoms with Crippen molar-refractivity contribution in [3.8, 4) is 16.2 Å². The van der Waals surface area contributed by atoms with E-state index in [0.29, 0.717) is 29.2 Å². The van der Waals surface area contributed by atoms with Gasteiger partial charge < -0.3 is 14.8 Å². The number of methoxy groups -OCH3 is 1. The van der Waals surface area contributed by atoms with Crippen LogP contribution in [0.25, 0.3) is 10.4 Å². The molecule has 0 saturated heterocycles. The number of urea groups is 1. The van der Waals surface area contributed by atoms with Crippen molar-refractivity contribution >= 4 is 34.1 Å². The molecule has 2 N–H and O–H groups in total. The van der Waals surface area contributed by atoms with E-state index >= 15 is 0 Å². The summed E-state index contributed by atoms with van der Waals surface area (Å²) in [5.41, 5.74) is 1.63. The Morgan fingerprint density at radius 1 is 1.46 bits per heavy atom. The SMILES string of the molecule is COc1cc(-c2sc(NC(=O)NCCOCC3CC3)nc2C)cnc1Cl. The molecule has 0 unspecified atom stereocenters. The van der Waals surface area contributed by atoms with Crippen LogP contribution >= 0.6 is 22.9 Å². The third kappa shape index (κ3) is 5.06. The Kier molecular flexibility index (Phi) is 6.29. The second-order valence-electron chi connectivity index (χ2n) is 6.05. The van der Waals surface area contributed by atoms with Crippen LogP contribution in [-0.4, -0.2) is 42.9 Å². The summed E-state index contributed by atoms with van der Waals surface area (Å²) >= 11 is 7.33. The van der Waals surface area contributed by atoms with Crippen molar-refractivity contribution in [2.24, 2.45) is 5.92 Å². The highest BCUT2D eigenvalue weighted by Gasteiger charge is 2.21. The molecule has 2 amide bonds. The van der Waals surface area contributed by atoms with Gasteiger partial charge in [-0.2, -0.15) is 0 Å². The first-order valence-corrected chi connectivity index (χ1v) is 9.56. The smallest absolute Gasteiger partial charge is 0.321 e. The van der Waals surface area contributed by atoms with Crippen LogP contribution in [0, 0.1) is 12.8 Å². The van der Waals surface area contributed by atoms with Gasteiger partial charge in [-0.1, -0.05) is 22.9 Å². The van der Waals surface area contributed by atoms with Crippen molar-refractivity contribution in [1.82, 2.24) is 15.3 Å². The Bertz CT molecular complexity index is 779. The molecule has 1 saturated carbocycles. The number of carbonyl (C=O) groups is 1. The molecule has 2 aromatic rings. The van der Waals surface area contributed by atoms with E-state index in [0.717, 1.165) is 28.7 Å². The topological polar surface area (TPSA) is 85.4 Å². The molecule has 1 aliphatic carbocycles. The second-order valence-corrected chi connectivity index (χ2v) is 7.41. The first kappa shape index (κ1) is 18.9. The molecule has 0 atom stereocenters. The molecule has 1 aliphatic rings. The van der Waals surface area contributed by atoms with Crippen LogP contribution in [0.2, 0.25) is 5.15 Å². The molecule has 0 spiro atoms. The molecule has 0 bridgehead atoms. The molecule has 0 aliphatic heterocycles. The third-order valence-corrected chi connectivity index (χ3v) is 5.29. The van der Waals surface area contributed by atoms with Gasteiger partial charge in [-0.15, -0.1) is 0 Å². The van der Waals surface area contributed by atoms with Crippen molar-refractivity contribution in [3.63, 3.8) is 0 Å². The van der Waals surface area contributed by atoms with Gasteiger partial charge in [0.25, 0.3) is 0 Å². The van der Waals surface area contributed by atoms with Gasteiger partial charge in [0.2, 0.25) is 0 Å². The number of anilines is 1. The number of halogens is 1. The number of carbonyl (C=O) groups excluding carboxylic acids is 1. The van der Waals surface area contributed by atoms with Gasteiger partial charge in [0.1, 0.15) is 0 Å². The number of aromatic nitrogens is 2. The molecule has 26 heavy (non-hydrogen) atoms. The summed E-state index contributed by atoms with van der Waals surface area (Å²) in [5, 5.41) is 6.33. The number of hydrogen-bond donors (Lipinski definition) is 2. The zero-order valence-electron chi connectivity index (χ0n) is 14.7. The highest BCUT2D eigenvalue weighted by atomic mass is 35.5. The van der Waals surface area contributed by atoms with E-state index in [4.69, 9.17) is 21.1 Å². The van der Waals surface area contributed by atoms with Gasteiger partial charge in [-0.25, -0.2) is 14.8 Å². The zero-order valence-corrected chi connectivity index (χ0v) is 16.2. The van der Waals surface area contributed by atoms with Crippen LogP contribution in [0.3, 0.4) is 0 Å². The number of nitrogens with zero attached hydrogens (tertiary/aromatic N) is 2. The summed E-state index contributed by atoms with van der Waals surface area (Å²) < 4.78 is 10.7. The first-order valence-electron chi connectivity index (χ1n) is 8.36. The van der Waals surface area contributed by atoms with E-state index in [1.165, 1.54) is 31.3 Å². The fourth-order valence-corrected chi connectivity index (χ4v) is 3.45. The van der Waals surface area contributed by atoms with Crippen LogP contribution < -0.4 is 15.4 Å². The second kappa shape index (κ2) is 8.66. The highest BCUT2D eigenvalue weighted by Crippen LogP contribution is 2.35. The summed E-state index contributed by atoms with van der Waals surface area (Å²) in [5.74, 6) is 1.22. The lowest BCUT2D eigenvalue weighted by Gasteiger charge is -2.06. The highest BCUT2D eigenvalue weighted by molar-refractivity contribution is 7.19. The molecular formula is C17H21ClN4O3S. The van der Waals surface area contributed by atoms with Crippen molar-refractivity contribution in [1.29, 1.82) is 0 Å². The molecule has 7 nitrogen and oxygen atoms in total. The third-order valence-electron chi connectivity index (χ3n) is 3.89. The van der Waals surface area contributed by atoms with E-state index in [9.17, 15) is 4.79 Å². The number of rotatable bonds is 8. The summed E-state index contributed by atoms with van der Waals surface area (Å²) in [6.45, 7) is 3.65. The average molecular weight is 397 g/mol. The molecular weight excluding hydrogens is 376 g/mol. The summed E-state index contributed by atoms with van der Waals surface area (Å²) in [7, 11) is 1.54. The maximum absolute atomic E-state index is 12.0. The minimum absolute atomic E-state index is 0.299. The van der Waals surface area contributed by atoms with Crippen LogP contribution in [0.15, 0.2) is 12.3 Å². The minimum Gasteiger partial charge on any atom is -0.494 e. The number of ether oxygens (including phenoxy) is 2. The Morgan fingerprint density at radius 3 is 3.00 bits per heavy atom. The number of hydrogen-bond acceptors (Lipinski definition) is 6.